The van der Waals surface area contributed by atoms with Crippen molar-refractivity contribution in [2.75, 3.05) is 26.2 Å². The van der Waals surface area contributed by atoms with E-state index in [4.69, 9.17) is 9.26 Å². The lowest BCUT2D eigenvalue weighted by atomic mass is 10.0. The standard InChI is InChI=1S/C21H29N3O4/c1-15-6-5-7-16(2)20(15)27-14-18-12-19(23-28-18)21(26)22-9-11-24-10-4-3-8-17(24)13-25/h5-7,12,17,25H,3-4,8-11,13-14H2,1-2H3,(H,22,26)/t17-/m1/s1. The second-order valence-corrected chi connectivity index (χ2v) is 7.31. The van der Waals surface area contributed by atoms with E-state index in [0.717, 1.165) is 49.2 Å². The molecule has 152 valence electrons. The van der Waals surface area contributed by atoms with Crippen LogP contribution < -0.4 is 10.1 Å². The van der Waals surface area contributed by atoms with Gasteiger partial charge in [0.2, 0.25) is 0 Å². The number of para-hydroxylation sites is 1. The van der Waals surface area contributed by atoms with Crippen LogP contribution in [0.1, 0.15) is 46.6 Å². The number of likely N-dealkylation sites (tertiary alicyclic amines) is 1. The fraction of sp³-hybridized carbons (Fsp3) is 0.524. The maximum atomic E-state index is 12.3. The number of hydrogen-bond acceptors (Lipinski definition) is 6. The summed E-state index contributed by atoms with van der Waals surface area (Å²) in [5, 5.41) is 16.2. The van der Waals surface area contributed by atoms with E-state index in [2.05, 4.69) is 15.4 Å². The molecule has 0 radical (unpaired) electrons. The van der Waals surface area contributed by atoms with E-state index < -0.39 is 0 Å². The fourth-order valence-corrected chi connectivity index (χ4v) is 3.62. The number of amides is 1. The molecule has 2 aromatic rings. The van der Waals surface area contributed by atoms with Crippen LogP contribution in [0.5, 0.6) is 5.75 Å². The van der Waals surface area contributed by atoms with Crippen molar-refractivity contribution in [3.63, 3.8) is 0 Å². The summed E-state index contributed by atoms with van der Waals surface area (Å²) in [4.78, 5) is 14.5. The van der Waals surface area contributed by atoms with Crippen molar-refractivity contribution in [2.24, 2.45) is 0 Å². The van der Waals surface area contributed by atoms with Gasteiger partial charge in [-0.15, -0.1) is 0 Å². The smallest absolute Gasteiger partial charge is 0.273 e. The number of piperidine rings is 1. The van der Waals surface area contributed by atoms with Crippen LogP contribution in [-0.4, -0.2) is 53.4 Å². The minimum absolute atomic E-state index is 0.168. The Labute approximate surface area is 165 Å². The van der Waals surface area contributed by atoms with Crippen LogP contribution in [0.15, 0.2) is 28.8 Å². The third-order valence-electron chi connectivity index (χ3n) is 5.20. The first-order valence-corrected chi connectivity index (χ1v) is 9.86. The average Bonchev–Trinajstić information content (AvgIpc) is 3.17. The van der Waals surface area contributed by atoms with Gasteiger partial charge >= 0.3 is 0 Å². The van der Waals surface area contributed by atoms with Crippen molar-refractivity contribution in [1.29, 1.82) is 0 Å². The van der Waals surface area contributed by atoms with Crippen LogP contribution in [0.4, 0.5) is 0 Å². The van der Waals surface area contributed by atoms with Crippen molar-refractivity contribution < 1.29 is 19.2 Å². The zero-order valence-electron chi connectivity index (χ0n) is 16.6. The molecule has 1 saturated heterocycles. The molecule has 0 spiro atoms. The molecule has 0 bridgehead atoms. The summed E-state index contributed by atoms with van der Waals surface area (Å²) in [6.07, 6.45) is 3.30. The number of benzene rings is 1. The Morgan fingerprint density at radius 2 is 2.14 bits per heavy atom. The van der Waals surface area contributed by atoms with Gasteiger partial charge in [-0.1, -0.05) is 29.8 Å². The lowest BCUT2D eigenvalue weighted by Gasteiger charge is -2.34. The minimum Gasteiger partial charge on any atom is -0.485 e. The van der Waals surface area contributed by atoms with Crippen molar-refractivity contribution >= 4 is 5.91 Å². The third-order valence-corrected chi connectivity index (χ3v) is 5.20. The Morgan fingerprint density at radius 1 is 1.36 bits per heavy atom. The van der Waals surface area contributed by atoms with E-state index >= 15 is 0 Å². The molecule has 0 unspecified atom stereocenters. The predicted molar refractivity (Wildman–Crippen MR) is 105 cm³/mol. The Morgan fingerprint density at radius 3 is 2.89 bits per heavy atom. The molecule has 1 fully saturated rings. The van der Waals surface area contributed by atoms with Crippen molar-refractivity contribution in [2.45, 2.75) is 45.8 Å². The first-order chi connectivity index (χ1) is 13.6. The number of nitrogens with zero attached hydrogens (tertiary/aromatic N) is 2. The summed E-state index contributed by atoms with van der Waals surface area (Å²) in [7, 11) is 0. The monoisotopic (exact) mass is 387 g/mol. The highest BCUT2D eigenvalue weighted by atomic mass is 16.5. The molecule has 0 aliphatic carbocycles. The summed E-state index contributed by atoms with van der Waals surface area (Å²) in [6, 6.07) is 7.78. The largest absolute Gasteiger partial charge is 0.485 e. The number of rotatable bonds is 8. The van der Waals surface area contributed by atoms with E-state index in [1.54, 1.807) is 6.07 Å². The molecule has 7 heteroatoms. The Bertz CT molecular complexity index is 769. The van der Waals surface area contributed by atoms with Gasteiger partial charge in [-0.05, 0) is 44.4 Å². The molecule has 1 aliphatic heterocycles. The van der Waals surface area contributed by atoms with Crippen molar-refractivity contribution in [3.05, 3.63) is 46.8 Å². The number of carbonyl (C=O) groups is 1. The van der Waals surface area contributed by atoms with Crippen LogP contribution in [0, 0.1) is 13.8 Å². The number of aliphatic hydroxyl groups is 1. The Kier molecular flexibility index (Phi) is 7.06. The first-order valence-electron chi connectivity index (χ1n) is 9.86. The molecule has 1 atom stereocenters. The van der Waals surface area contributed by atoms with Crippen molar-refractivity contribution in [3.8, 4) is 5.75 Å². The molecule has 28 heavy (non-hydrogen) atoms. The predicted octanol–water partition coefficient (Wildman–Crippen LogP) is 2.45. The van der Waals surface area contributed by atoms with Crippen molar-refractivity contribution in [1.82, 2.24) is 15.4 Å². The Balaban J connectivity index is 1.47. The van der Waals surface area contributed by atoms with Gasteiger partial charge in [-0.2, -0.15) is 0 Å². The van der Waals surface area contributed by atoms with Gasteiger partial charge in [0.1, 0.15) is 12.4 Å². The number of aliphatic hydroxyl groups excluding tert-OH is 1. The lowest BCUT2D eigenvalue weighted by Crippen LogP contribution is -2.45. The summed E-state index contributed by atoms with van der Waals surface area (Å²) in [5.41, 5.74) is 2.35. The van der Waals surface area contributed by atoms with Gasteiger partial charge in [0.25, 0.3) is 5.91 Å². The van der Waals surface area contributed by atoms with Gasteiger partial charge < -0.3 is 19.7 Å². The Hall–Kier alpha value is -2.38. The van der Waals surface area contributed by atoms with Crippen LogP contribution in [0.3, 0.4) is 0 Å². The highest BCUT2D eigenvalue weighted by Gasteiger charge is 2.21. The second-order valence-electron chi connectivity index (χ2n) is 7.31. The van der Waals surface area contributed by atoms with E-state index in [1.807, 2.05) is 32.0 Å². The zero-order valence-corrected chi connectivity index (χ0v) is 16.6. The van der Waals surface area contributed by atoms with Crippen LogP contribution >= 0.6 is 0 Å². The molecule has 0 saturated carbocycles. The van der Waals surface area contributed by atoms with Crippen LogP contribution in [0.2, 0.25) is 0 Å². The minimum atomic E-state index is -0.264. The SMILES string of the molecule is Cc1cccc(C)c1OCc1cc(C(=O)NCCN2CCCC[C@@H]2CO)no1. The molecule has 7 nitrogen and oxygen atoms in total. The maximum absolute atomic E-state index is 12.3. The highest BCUT2D eigenvalue weighted by Crippen LogP contribution is 2.23. The number of carbonyl (C=O) groups excluding carboxylic acids is 1. The van der Waals surface area contributed by atoms with E-state index in [-0.39, 0.29) is 30.9 Å². The quantitative estimate of drug-likeness (QED) is 0.723. The van der Waals surface area contributed by atoms with Gasteiger partial charge in [0.15, 0.2) is 11.5 Å². The molecular formula is C21H29N3O4. The molecule has 1 aromatic carbocycles. The third kappa shape index (κ3) is 5.11. The molecule has 2 heterocycles. The highest BCUT2D eigenvalue weighted by molar-refractivity contribution is 5.92. The normalized spacial score (nSPS) is 17.5. The number of ether oxygens (including phenoxy) is 1. The van der Waals surface area contributed by atoms with E-state index in [0.29, 0.717) is 12.3 Å². The first kappa shape index (κ1) is 20.4. The van der Waals surface area contributed by atoms with Crippen LogP contribution in [-0.2, 0) is 6.61 Å². The molecule has 3 rings (SSSR count). The molecule has 1 aromatic heterocycles. The number of hydrogen-bond donors (Lipinski definition) is 2. The number of aryl methyl sites for hydroxylation is 2. The zero-order chi connectivity index (χ0) is 19.9. The molecule has 1 aliphatic rings. The van der Waals surface area contributed by atoms with E-state index in [1.165, 1.54) is 0 Å². The van der Waals surface area contributed by atoms with Crippen LogP contribution in [0.25, 0.3) is 0 Å². The maximum Gasteiger partial charge on any atom is 0.273 e. The van der Waals surface area contributed by atoms with Gasteiger partial charge in [-0.3, -0.25) is 9.69 Å². The second kappa shape index (κ2) is 9.71. The number of aromatic nitrogens is 1. The summed E-state index contributed by atoms with van der Waals surface area (Å²) >= 11 is 0. The fourth-order valence-electron chi connectivity index (χ4n) is 3.62. The summed E-state index contributed by atoms with van der Waals surface area (Å²) in [5.74, 6) is 1.06. The van der Waals surface area contributed by atoms with Gasteiger partial charge in [0, 0.05) is 25.2 Å². The topological polar surface area (TPSA) is 87.8 Å². The summed E-state index contributed by atoms with van der Waals surface area (Å²) < 4.78 is 11.1. The van der Waals surface area contributed by atoms with Gasteiger partial charge in [0.05, 0.1) is 6.61 Å². The average molecular weight is 387 g/mol. The molecular weight excluding hydrogens is 358 g/mol. The van der Waals surface area contributed by atoms with Gasteiger partial charge in [-0.25, -0.2) is 0 Å². The molecule has 2 N–H and O–H groups in total. The number of nitrogens with one attached hydrogen (secondary N) is 1. The van der Waals surface area contributed by atoms with E-state index in [9.17, 15) is 9.90 Å². The molecule has 1 amide bonds. The lowest BCUT2D eigenvalue weighted by molar-refractivity contribution is 0.0845. The summed E-state index contributed by atoms with van der Waals surface area (Å²) in [6.45, 7) is 6.56.